The summed E-state index contributed by atoms with van der Waals surface area (Å²) in [6.45, 7) is 0. The van der Waals surface area contributed by atoms with Gasteiger partial charge in [-0.3, -0.25) is 4.79 Å². The van der Waals surface area contributed by atoms with Crippen LogP contribution in [-0.2, 0) is 0 Å². The molecular formula is C10H6BrF2NOS. The lowest BCUT2D eigenvalue weighted by molar-refractivity contribution is 0.112. The Labute approximate surface area is 103 Å². The molecule has 0 radical (unpaired) electrons. The second-order valence-corrected chi connectivity index (χ2v) is 4.76. The van der Waals surface area contributed by atoms with Gasteiger partial charge in [0.05, 0.1) is 20.6 Å². The molecule has 0 saturated carbocycles. The van der Waals surface area contributed by atoms with Crippen molar-refractivity contribution >= 4 is 39.5 Å². The largest absolute Gasteiger partial charge is 0.310 e. The van der Waals surface area contributed by atoms with Gasteiger partial charge in [0.1, 0.15) is 0 Å². The summed E-state index contributed by atoms with van der Waals surface area (Å²) in [6.07, 6.45) is 2.24. The van der Waals surface area contributed by atoms with Crippen LogP contribution in [0.5, 0.6) is 0 Å². The van der Waals surface area contributed by atoms with Gasteiger partial charge in [0, 0.05) is 6.20 Å². The summed E-state index contributed by atoms with van der Waals surface area (Å²) >= 11 is 3.61. The molecular weight excluding hydrogens is 300 g/mol. The predicted octanol–water partition coefficient (Wildman–Crippen LogP) is 3.83. The Bertz CT molecular complexity index is 541. The molecule has 0 bridgehead atoms. The number of thioether (sulfide) groups is 1. The molecule has 0 aromatic carbocycles. The fourth-order valence-corrected chi connectivity index (χ4v) is 2.92. The van der Waals surface area contributed by atoms with Gasteiger partial charge in [-0.2, -0.15) is 8.78 Å². The van der Waals surface area contributed by atoms with Crippen LogP contribution < -0.4 is 0 Å². The molecule has 16 heavy (non-hydrogen) atoms. The van der Waals surface area contributed by atoms with Gasteiger partial charge in [-0.05, 0) is 39.8 Å². The molecule has 0 unspecified atom stereocenters. The van der Waals surface area contributed by atoms with Crippen molar-refractivity contribution in [1.29, 1.82) is 0 Å². The average Bonchev–Trinajstić information content (AvgIpc) is 2.52. The van der Waals surface area contributed by atoms with Crippen LogP contribution in [0.4, 0.5) is 8.78 Å². The Morgan fingerprint density at radius 3 is 2.81 bits per heavy atom. The van der Waals surface area contributed by atoms with Gasteiger partial charge in [-0.15, -0.1) is 0 Å². The summed E-state index contributed by atoms with van der Waals surface area (Å²) in [7, 11) is 0. The minimum Gasteiger partial charge on any atom is -0.310 e. The maximum Gasteiger partial charge on any atom is 0.290 e. The van der Waals surface area contributed by atoms with Crippen LogP contribution in [-0.4, -0.2) is 16.4 Å². The van der Waals surface area contributed by atoms with Crippen molar-refractivity contribution in [3.63, 3.8) is 0 Å². The van der Waals surface area contributed by atoms with Gasteiger partial charge in [-0.25, -0.2) is 0 Å². The molecule has 0 spiro atoms. The molecule has 0 atom stereocenters. The summed E-state index contributed by atoms with van der Waals surface area (Å²) in [6, 6.07) is 5.27. The first-order chi connectivity index (χ1) is 7.65. The molecule has 0 N–H and O–H groups in total. The van der Waals surface area contributed by atoms with E-state index in [4.69, 9.17) is 0 Å². The van der Waals surface area contributed by atoms with Crippen molar-refractivity contribution in [2.24, 2.45) is 0 Å². The van der Waals surface area contributed by atoms with Crippen molar-refractivity contribution in [1.82, 2.24) is 4.40 Å². The van der Waals surface area contributed by atoms with E-state index < -0.39 is 5.76 Å². The molecule has 6 heteroatoms. The third-order valence-electron chi connectivity index (χ3n) is 2.09. The fourth-order valence-electron chi connectivity index (χ4n) is 1.47. The Hall–Kier alpha value is -0.880. The normalized spacial score (nSPS) is 11.2. The monoisotopic (exact) mass is 305 g/mol. The van der Waals surface area contributed by atoms with E-state index in [0.29, 0.717) is 28.0 Å². The van der Waals surface area contributed by atoms with E-state index in [1.165, 1.54) is 0 Å². The zero-order valence-corrected chi connectivity index (χ0v) is 10.3. The van der Waals surface area contributed by atoms with Crippen LogP contribution in [0.3, 0.4) is 0 Å². The first-order valence-corrected chi connectivity index (χ1v) is 6.01. The maximum atomic E-state index is 12.4. The van der Waals surface area contributed by atoms with Gasteiger partial charge in [0.25, 0.3) is 5.76 Å². The molecule has 2 aromatic heterocycles. The lowest BCUT2D eigenvalue weighted by atomic mass is 10.3. The molecule has 2 nitrogen and oxygen atoms in total. The number of aldehydes is 1. The SMILES string of the molecule is O=Cc1c(Br)c2ccccn2c1SC(F)F. The minimum atomic E-state index is -2.55. The number of carbonyl (C=O) groups excluding carboxylic acids is 1. The predicted molar refractivity (Wildman–Crippen MR) is 62.3 cm³/mol. The van der Waals surface area contributed by atoms with Crippen LogP contribution in [0.1, 0.15) is 10.4 Å². The second kappa shape index (κ2) is 4.55. The number of fused-ring (bicyclic) bond motifs is 1. The van der Waals surface area contributed by atoms with E-state index in [1.807, 2.05) is 0 Å². The van der Waals surface area contributed by atoms with Crippen molar-refractivity contribution in [2.75, 3.05) is 0 Å². The van der Waals surface area contributed by atoms with Crippen molar-refractivity contribution in [2.45, 2.75) is 10.8 Å². The molecule has 84 valence electrons. The van der Waals surface area contributed by atoms with E-state index in [9.17, 15) is 13.6 Å². The number of nitrogens with zero attached hydrogens (tertiary/aromatic N) is 1. The van der Waals surface area contributed by atoms with Crippen molar-refractivity contribution < 1.29 is 13.6 Å². The van der Waals surface area contributed by atoms with Gasteiger partial charge in [0.15, 0.2) is 6.29 Å². The third-order valence-corrected chi connectivity index (χ3v) is 3.74. The smallest absolute Gasteiger partial charge is 0.290 e. The third kappa shape index (κ3) is 1.87. The molecule has 0 aliphatic heterocycles. The molecule has 0 saturated heterocycles. The standard InChI is InChI=1S/C10H6BrF2NOS/c11-8-6(5-15)9(16-10(12)13)14-4-2-1-3-7(8)14/h1-5,10H. The minimum absolute atomic E-state index is 0.257. The average molecular weight is 306 g/mol. The topological polar surface area (TPSA) is 21.5 Å². The van der Waals surface area contributed by atoms with Crippen molar-refractivity contribution in [3.05, 3.63) is 34.4 Å². The second-order valence-electron chi connectivity index (χ2n) is 2.99. The van der Waals surface area contributed by atoms with Gasteiger partial charge in [-0.1, -0.05) is 6.07 Å². The number of aromatic nitrogens is 1. The number of rotatable bonds is 3. The van der Waals surface area contributed by atoms with E-state index >= 15 is 0 Å². The van der Waals surface area contributed by atoms with Gasteiger partial charge >= 0.3 is 0 Å². The number of hydrogen-bond acceptors (Lipinski definition) is 2. The Morgan fingerprint density at radius 1 is 1.44 bits per heavy atom. The lowest BCUT2D eigenvalue weighted by Gasteiger charge is -2.01. The maximum absolute atomic E-state index is 12.4. The molecule has 2 heterocycles. The number of hydrogen-bond donors (Lipinski definition) is 0. The fraction of sp³-hybridized carbons (Fsp3) is 0.100. The van der Waals surface area contributed by atoms with Crippen LogP contribution in [0.15, 0.2) is 33.9 Å². The van der Waals surface area contributed by atoms with E-state index in [2.05, 4.69) is 15.9 Å². The first kappa shape index (κ1) is 11.6. The lowest BCUT2D eigenvalue weighted by Crippen LogP contribution is -1.91. The molecule has 2 aromatic rings. The van der Waals surface area contributed by atoms with Gasteiger partial charge in [0.2, 0.25) is 0 Å². The summed E-state index contributed by atoms with van der Waals surface area (Å²) in [5.41, 5.74) is 0.962. The number of carbonyl (C=O) groups is 1. The summed E-state index contributed by atoms with van der Waals surface area (Å²) < 4.78 is 26.9. The Balaban J connectivity index is 2.72. The van der Waals surface area contributed by atoms with E-state index in [-0.39, 0.29) is 10.6 Å². The molecule has 0 aliphatic rings. The summed E-state index contributed by atoms with van der Waals surface area (Å²) in [5.74, 6) is -2.55. The van der Waals surface area contributed by atoms with Gasteiger partial charge < -0.3 is 4.40 Å². The Morgan fingerprint density at radius 2 is 2.19 bits per heavy atom. The zero-order valence-electron chi connectivity index (χ0n) is 7.86. The highest BCUT2D eigenvalue weighted by Gasteiger charge is 2.19. The van der Waals surface area contributed by atoms with Crippen LogP contribution in [0.25, 0.3) is 5.52 Å². The molecule has 0 fully saturated rings. The molecule has 2 rings (SSSR count). The highest BCUT2D eigenvalue weighted by atomic mass is 79.9. The van der Waals surface area contributed by atoms with E-state index in [0.717, 1.165) is 0 Å². The Kier molecular flexibility index (Phi) is 3.30. The van der Waals surface area contributed by atoms with Crippen LogP contribution >= 0.6 is 27.7 Å². The van der Waals surface area contributed by atoms with E-state index in [1.54, 1.807) is 28.8 Å². The summed E-state index contributed by atoms with van der Waals surface area (Å²) in [5, 5.41) is 0.257. The highest BCUT2D eigenvalue weighted by molar-refractivity contribution is 9.10. The first-order valence-electron chi connectivity index (χ1n) is 4.33. The summed E-state index contributed by atoms with van der Waals surface area (Å²) in [4.78, 5) is 10.9. The number of alkyl halides is 2. The zero-order chi connectivity index (χ0) is 11.7. The quantitative estimate of drug-likeness (QED) is 0.635. The molecule has 0 amide bonds. The highest BCUT2D eigenvalue weighted by Crippen LogP contribution is 2.36. The van der Waals surface area contributed by atoms with Crippen LogP contribution in [0.2, 0.25) is 0 Å². The number of pyridine rings is 1. The number of halogens is 3. The molecule has 0 aliphatic carbocycles. The van der Waals surface area contributed by atoms with Crippen molar-refractivity contribution in [3.8, 4) is 0 Å². The van der Waals surface area contributed by atoms with Crippen LogP contribution in [0, 0.1) is 0 Å².